The molecule has 1 unspecified atom stereocenters. The van der Waals surface area contributed by atoms with Crippen molar-refractivity contribution >= 4 is 28.3 Å². The third-order valence-electron chi connectivity index (χ3n) is 4.19. The third kappa shape index (κ3) is 3.41. The van der Waals surface area contributed by atoms with Crippen LogP contribution in [0.2, 0.25) is 0 Å². The molecule has 0 amide bonds. The number of thiazole rings is 1. The highest BCUT2D eigenvalue weighted by atomic mass is 32.1. The number of aliphatic hydroxyl groups is 1. The fourth-order valence-electron chi connectivity index (χ4n) is 2.80. The molecule has 3 heterocycles. The number of hydrogen-bond acceptors (Lipinski definition) is 7. The summed E-state index contributed by atoms with van der Waals surface area (Å²) in [5, 5.41) is 12.9. The van der Waals surface area contributed by atoms with E-state index in [4.69, 9.17) is 10.5 Å². The summed E-state index contributed by atoms with van der Waals surface area (Å²) in [6.07, 6.45) is 5.13. The quantitative estimate of drug-likeness (QED) is 0.463. The number of rotatable bonds is 3. The van der Waals surface area contributed by atoms with Crippen LogP contribution >= 0.6 is 11.3 Å². The predicted octanol–water partition coefficient (Wildman–Crippen LogP) is 2.93. The van der Waals surface area contributed by atoms with Crippen LogP contribution in [-0.2, 0) is 5.60 Å². The highest BCUT2D eigenvalue weighted by molar-refractivity contribution is 7.09. The number of aromatic amines is 1. The topological polar surface area (TPSA) is 110 Å². The molecule has 0 saturated carbocycles. The second-order valence-electron chi connectivity index (χ2n) is 6.30. The molecule has 1 atom stereocenters. The van der Waals surface area contributed by atoms with E-state index in [1.54, 1.807) is 31.8 Å². The van der Waals surface area contributed by atoms with Gasteiger partial charge in [0.1, 0.15) is 16.3 Å². The number of methoxy groups -OCH3 is 1. The van der Waals surface area contributed by atoms with Crippen molar-refractivity contribution in [2.24, 2.45) is 0 Å². The van der Waals surface area contributed by atoms with Crippen LogP contribution in [0.5, 0.6) is 5.75 Å². The fraction of sp³-hybridized carbons (Fsp3) is 0.150. The molecule has 0 bridgehead atoms. The van der Waals surface area contributed by atoms with E-state index in [1.165, 1.54) is 11.3 Å². The normalized spacial score (nSPS) is 13.0. The van der Waals surface area contributed by atoms with E-state index < -0.39 is 5.60 Å². The van der Waals surface area contributed by atoms with Crippen LogP contribution in [0.25, 0.3) is 22.2 Å². The Labute approximate surface area is 165 Å². The van der Waals surface area contributed by atoms with Crippen LogP contribution in [0.4, 0.5) is 5.95 Å². The maximum Gasteiger partial charge on any atom is 0.220 e. The molecule has 28 heavy (non-hydrogen) atoms. The summed E-state index contributed by atoms with van der Waals surface area (Å²) < 4.78 is 5.43. The lowest BCUT2D eigenvalue weighted by atomic mass is 10.0. The average Bonchev–Trinajstić information content (AvgIpc) is 3.36. The Kier molecular flexibility index (Phi) is 4.47. The van der Waals surface area contributed by atoms with Gasteiger partial charge in [0.15, 0.2) is 5.60 Å². The van der Waals surface area contributed by atoms with E-state index in [-0.39, 0.29) is 5.95 Å². The SMILES string of the molecule is COc1cc(C#CC(C)(O)c2nccs2)cc(-c2c[nH]c3cnc(N)nc23)c1. The standard InChI is InChI=1S/C20H17N5O2S/c1-20(26,18-22-5-6-28-18)4-3-12-7-13(9-14(8-12)27-2)15-10-23-16-11-24-19(21)25-17(15)16/h5-11,23,26H,1-2H3,(H2,21,24,25). The molecule has 140 valence electrons. The van der Waals surface area contributed by atoms with Gasteiger partial charge in [0.25, 0.3) is 0 Å². The Balaban J connectivity index is 1.79. The van der Waals surface area contributed by atoms with E-state index in [0.29, 0.717) is 16.3 Å². The van der Waals surface area contributed by atoms with Gasteiger partial charge in [-0.05, 0) is 30.7 Å². The van der Waals surface area contributed by atoms with Crippen molar-refractivity contribution < 1.29 is 9.84 Å². The summed E-state index contributed by atoms with van der Waals surface area (Å²) in [7, 11) is 1.59. The maximum atomic E-state index is 10.6. The number of nitrogen functional groups attached to an aromatic ring is 1. The first-order valence-corrected chi connectivity index (χ1v) is 9.29. The molecule has 0 spiro atoms. The van der Waals surface area contributed by atoms with Gasteiger partial charge in [0.05, 0.1) is 18.8 Å². The number of fused-ring (bicyclic) bond motifs is 1. The minimum Gasteiger partial charge on any atom is -0.497 e. The van der Waals surface area contributed by atoms with Gasteiger partial charge >= 0.3 is 0 Å². The number of nitrogens with zero attached hydrogens (tertiary/aromatic N) is 3. The molecule has 4 rings (SSSR count). The van der Waals surface area contributed by atoms with E-state index in [0.717, 1.165) is 22.2 Å². The van der Waals surface area contributed by atoms with E-state index in [1.807, 2.05) is 24.4 Å². The fourth-order valence-corrected chi connectivity index (χ4v) is 3.45. The molecule has 1 aromatic carbocycles. The van der Waals surface area contributed by atoms with Crippen molar-refractivity contribution in [3.63, 3.8) is 0 Å². The van der Waals surface area contributed by atoms with Crippen LogP contribution in [0, 0.1) is 11.8 Å². The largest absolute Gasteiger partial charge is 0.497 e. The Morgan fingerprint density at radius 1 is 1.29 bits per heavy atom. The molecule has 0 saturated heterocycles. The number of benzene rings is 1. The number of H-pyrrole nitrogens is 1. The molecule has 0 aliphatic heterocycles. The van der Waals surface area contributed by atoms with Crippen LogP contribution in [-0.4, -0.2) is 32.2 Å². The van der Waals surface area contributed by atoms with E-state index >= 15 is 0 Å². The first kappa shape index (κ1) is 18.0. The van der Waals surface area contributed by atoms with Gasteiger partial charge < -0.3 is 20.6 Å². The lowest BCUT2D eigenvalue weighted by Gasteiger charge is -2.12. The van der Waals surface area contributed by atoms with Crippen molar-refractivity contribution in [1.82, 2.24) is 19.9 Å². The van der Waals surface area contributed by atoms with Crippen molar-refractivity contribution in [3.05, 3.63) is 52.7 Å². The average molecular weight is 391 g/mol. The lowest BCUT2D eigenvalue weighted by Crippen LogP contribution is -2.17. The van der Waals surface area contributed by atoms with Crippen LogP contribution in [0.15, 0.2) is 42.2 Å². The Morgan fingerprint density at radius 2 is 2.14 bits per heavy atom. The molecular formula is C20H17N5O2S. The molecule has 0 radical (unpaired) electrons. The van der Waals surface area contributed by atoms with Gasteiger partial charge in [-0.15, -0.1) is 11.3 Å². The summed E-state index contributed by atoms with van der Waals surface area (Å²) in [6.45, 7) is 1.62. The highest BCUT2D eigenvalue weighted by Crippen LogP contribution is 2.31. The minimum absolute atomic E-state index is 0.204. The summed E-state index contributed by atoms with van der Waals surface area (Å²) >= 11 is 1.36. The number of nitrogens with one attached hydrogen (secondary N) is 1. The zero-order valence-corrected chi connectivity index (χ0v) is 16.0. The Hall–Kier alpha value is -3.41. The number of ether oxygens (including phenoxy) is 1. The Morgan fingerprint density at radius 3 is 2.89 bits per heavy atom. The summed E-state index contributed by atoms with van der Waals surface area (Å²) in [5.41, 5.74) is 8.33. The van der Waals surface area contributed by atoms with Gasteiger partial charge in [-0.1, -0.05) is 11.8 Å². The first-order chi connectivity index (χ1) is 13.5. The second-order valence-corrected chi connectivity index (χ2v) is 7.20. The highest BCUT2D eigenvalue weighted by Gasteiger charge is 2.23. The zero-order valence-electron chi connectivity index (χ0n) is 15.2. The van der Waals surface area contributed by atoms with Crippen molar-refractivity contribution in [3.8, 4) is 28.7 Å². The van der Waals surface area contributed by atoms with Crippen molar-refractivity contribution in [2.75, 3.05) is 12.8 Å². The monoisotopic (exact) mass is 391 g/mol. The molecule has 0 fully saturated rings. The van der Waals surface area contributed by atoms with Gasteiger partial charge in [-0.2, -0.15) is 0 Å². The van der Waals surface area contributed by atoms with Crippen LogP contribution < -0.4 is 10.5 Å². The third-order valence-corrected chi connectivity index (χ3v) is 5.17. The lowest BCUT2D eigenvalue weighted by molar-refractivity contribution is 0.122. The molecular weight excluding hydrogens is 374 g/mol. The summed E-state index contributed by atoms with van der Waals surface area (Å²) in [6, 6.07) is 5.62. The second kappa shape index (κ2) is 6.96. The summed E-state index contributed by atoms with van der Waals surface area (Å²) in [5.74, 6) is 6.77. The van der Waals surface area contributed by atoms with Gasteiger partial charge in [0, 0.05) is 28.9 Å². The van der Waals surface area contributed by atoms with E-state index in [2.05, 4.69) is 31.8 Å². The molecule has 0 aliphatic carbocycles. The minimum atomic E-state index is -1.33. The molecule has 0 aliphatic rings. The molecule has 4 N–H and O–H groups in total. The van der Waals surface area contributed by atoms with Gasteiger partial charge in [-0.3, -0.25) is 0 Å². The number of hydrogen-bond donors (Lipinski definition) is 3. The molecule has 8 heteroatoms. The predicted molar refractivity (Wildman–Crippen MR) is 109 cm³/mol. The zero-order chi connectivity index (χ0) is 19.7. The van der Waals surface area contributed by atoms with Gasteiger partial charge in [-0.25, -0.2) is 15.0 Å². The van der Waals surface area contributed by atoms with Crippen molar-refractivity contribution in [1.29, 1.82) is 0 Å². The number of aromatic nitrogens is 4. The number of nitrogens with two attached hydrogens (primary N) is 1. The van der Waals surface area contributed by atoms with Crippen molar-refractivity contribution in [2.45, 2.75) is 12.5 Å². The van der Waals surface area contributed by atoms with E-state index in [9.17, 15) is 5.11 Å². The summed E-state index contributed by atoms with van der Waals surface area (Å²) in [4.78, 5) is 15.6. The maximum absolute atomic E-state index is 10.6. The smallest absolute Gasteiger partial charge is 0.220 e. The van der Waals surface area contributed by atoms with Gasteiger partial charge in [0.2, 0.25) is 5.95 Å². The first-order valence-electron chi connectivity index (χ1n) is 8.41. The van der Waals surface area contributed by atoms with Crippen LogP contribution in [0.1, 0.15) is 17.5 Å². The molecule has 3 aromatic heterocycles. The molecule has 7 nitrogen and oxygen atoms in total. The van der Waals surface area contributed by atoms with Crippen LogP contribution in [0.3, 0.4) is 0 Å². The number of anilines is 1. The molecule has 4 aromatic rings. The Bertz CT molecular complexity index is 1200.